The number of unbranched alkanes of at least 4 members (excludes halogenated alkanes) is 1. The number of carboxylic acid groups (broad SMARTS) is 1. The van der Waals surface area contributed by atoms with Crippen LogP contribution in [0.3, 0.4) is 0 Å². The number of fused-ring (bicyclic) bond motifs is 1. The normalized spacial score (nSPS) is 20.1. The minimum atomic E-state index is -3.72. The number of carboxylic acids is 1. The van der Waals surface area contributed by atoms with Gasteiger partial charge in [-0.1, -0.05) is 44.9 Å². The van der Waals surface area contributed by atoms with E-state index < -0.39 is 27.0 Å². The summed E-state index contributed by atoms with van der Waals surface area (Å²) >= 11 is 1.30. The van der Waals surface area contributed by atoms with E-state index in [0.717, 1.165) is 24.9 Å². The van der Waals surface area contributed by atoms with Gasteiger partial charge < -0.3 is 14.7 Å². The van der Waals surface area contributed by atoms with Gasteiger partial charge in [0.2, 0.25) is 5.83 Å². The van der Waals surface area contributed by atoms with E-state index in [0.29, 0.717) is 23.4 Å². The van der Waals surface area contributed by atoms with Crippen LogP contribution >= 0.6 is 11.8 Å². The third-order valence-corrected chi connectivity index (χ3v) is 8.48. The van der Waals surface area contributed by atoms with Gasteiger partial charge in [-0.2, -0.15) is 4.39 Å². The molecule has 0 aromatic heterocycles. The van der Waals surface area contributed by atoms with Crippen LogP contribution in [0.25, 0.3) is 0 Å². The Kier molecular flexibility index (Phi) is 7.74. The maximum absolute atomic E-state index is 13.6. The summed E-state index contributed by atoms with van der Waals surface area (Å²) in [6.45, 7) is 4.60. The highest BCUT2D eigenvalue weighted by Crippen LogP contribution is 2.46. The van der Waals surface area contributed by atoms with E-state index in [1.807, 2.05) is 42.2 Å². The lowest BCUT2D eigenvalue weighted by Crippen LogP contribution is -2.35. The number of aliphatic carboxylic acids is 1. The zero-order chi connectivity index (χ0) is 24.2. The van der Waals surface area contributed by atoms with Gasteiger partial charge in [-0.15, -0.1) is 11.8 Å². The Bertz CT molecular complexity index is 1150. The molecule has 3 rings (SSSR count). The molecule has 9 heteroatoms. The number of ether oxygens (including phenoxy) is 1. The highest BCUT2D eigenvalue weighted by atomic mass is 32.2. The van der Waals surface area contributed by atoms with E-state index in [1.165, 1.54) is 17.8 Å². The molecule has 1 unspecified atom stereocenters. The number of hydrogen-bond donors (Lipinski definition) is 1. The molecule has 2 aromatic rings. The standard InChI is InChI=1S/C24H28FNO5S2/c1-4-5-11-24(2)15-26(17-9-7-6-8-10-17)19-12-21(32-3)20(31-14-18(25)23(27)28)13-22(19)33(29,30)16-24/h6-10,12-14H,4-5,11,15-16H2,1-3H3,(H,27,28)/b18-14-. The molecule has 1 aliphatic heterocycles. The van der Waals surface area contributed by atoms with Gasteiger partial charge in [0, 0.05) is 18.3 Å². The first-order valence-electron chi connectivity index (χ1n) is 10.6. The Morgan fingerprint density at radius 3 is 2.61 bits per heavy atom. The van der Waals surface area contributed by atoms with Crippen LogP contribution in [0.1, 0.15) is 33.1 Å². The fourth-order valence-corrected chi connectivity index (χ4v) is 6.67. The van der Waals surface area contributed by atoms with Crippen LogP contribution in [-0.2, 0) is 14.6 Å². The molecule has 0 fully saturated rings. The second-order valence-electron chi connectivity index (χ2n) is 8.45. The van der Waals surface area contributed by atoms with Gasteiger partial charge in [-0.25, -0.2) is 13.2 Å². The molecule has 178 valence electrons. The first-order valence-corrected chi connectivity index (χ1v) is 13.5. The summed E-state index contributed by atoms with van der Waals surface area (Å²) < 4.78 is 45.9. The Morgan fingerprint density at radius 2 is 2.00 bits per heavy atom. The summed E-state index contributed by atoms with van der Waals surface area (Å²) in [5, 5.41) is 8.76. The molecule has 2 aromatic carbocycles. The first-order chi connectivity index (χ1) is 15.6. The highest BCUT2D eigenvalue weighted by molar-refractivity contribution is 7.98. The fourth-order valence-electron chi connectivity index (χ4n) is 4.05. The molecule has 0 amide bonds. The van der Waals surface area contributed by atoms with Crippen molar-refractivity contribution in [2.45, 2.75) is 42.9 Å². The van der Waals surface area contributed by atoms with Gasteiger partial charge in [0.1, 0.15) is 12.0 Å². The van der Waals surface area contributed by atoms with E-state index in [-0.39, 0.29) is 16.4 Å². The Balaban J connectivity index is 2.21. The average Bonchev–Trinajstić information content (AvgIpc) is 2.87. The lowest BCUT2D eigenvalue weighted by atomic mass is 9.86. The summed E-state index contributed by atoms with van der Waals surface area (Å²) in [5.41, 5.74) is 0.913. The van der Waals surface area contributed by atoms with Crippen LogP contribution in [0.15, 0.2) is 64.3 Å². The number of carbonyl (C=O) groups is 1. The molecule has 6 nitrogen and oxygen atoms in total. The van der Waals surface area contributed by atoms with E-state index >= 15 is 0 Å². The van der Waals surface area contributed by atoms with Crippen LogP contribution in [0.5, 0.6) is 5.75 Å². The Hall–Kier alpha value is -2.52. The number of hydrogen-bond acceptors (Lipinski definition) is 6. The summed E-state index contributed by atoms with van der Waals surface area (Å²) in [7, 11) is -3.72. The van der Waals surface area contributed by atoms with Crippen LogP contribution in [-0.4, -0.2) is 38.0 Å². The summed E-state index contributed by atoms with van der Waals surface area (Å²) in [4.78, 5) is 13.5. The molecule has 0 saturated carbocycles. The van der Waals surface area contributed by atoms with Crippen molar-refractivity contribution in [3.63, 3.8) is 0 Å². The van der Waals surface area contributed by atoms with Gasteiger partial charge in [0.15, 0.2) is 9.84 Å². The number of para-hydroxylation sites is 1. The van der Waals surface area contributed by atoms with E-state index in [2.05, 4.69) is 6.92 Å². The van der Waals surface area contributed by atoms with Crippen molar-refractivity contribution in [1.29, 1.82) is 0 Å². The largest absolute Gasteiger partial charge is 0.476 e. The zero-order valence-electron chi connectivity index (χ0n) is 18.9. The number of anilines is 2. The number of halogens is 1. The maximum Gasteiger partial charge on any atom is 0.368 e. The molecule has 0 spiro atoms. The second kappa shape index (κ2) is 10.2. The predicted octanol–water partition coefficient (Wildman–Crippen LogP) is 5.80. The number of thioether (sulfide) groups is 1. The van der Waals surface area contributed by atoms with Crippen LogP contribution in [0, 0.1) is 5.41 Å². The number of nitrogens with zero attached hydrogens (tertiary/aromatic N) is 1. The van der Waals surface area contributed by atoms with E-state index in [4.69, 9.17) is 9.84 Å². The van der Waals surface area contributed by atoms with Crippen molar-refractivity contribution in [2.24, 2.45) is 5.41 Å². The zero-order valence-corrected chi connectivity index (χ0v) is 20.5. The molecule has 33 heavy (non-hydrogen) atoms. The van der Waals surface area contributed by atoms with Crippen LogP contribution in [0.2, 0.25) is 0 Å². The first kappa shape index (κ1) is 25.1. The smallest absolute Gasteiger partial charge is 0.368 e. The van der Waals surface area contributed by atoms with Gasteiger partial charge in [-0.3, -0.25) is 0 Å². The van der Waals surface area contributed by atoms with Gasteiger partial charge >= 0.3 is 5.97 Å². The topological polar surface area (TPSA) is 83.9 Å². The summed E-state index contributed by atoms with van der Waals surface area (Å²) in [6.07, 6.45) is 4.90. The van der Waals surface area contributed by atoms with Gasteiger partial charge in [-0.05, 0) is 36.3 Å². The Labute approximate surface area is 198 Å². The second-order valence-corrected chi connectivity index (χ2v) is 11.3. The predicted molar refractivity (Wildman–Crippen MR) is 129 cm³/mol. The molecule has 1 atom stereocenters. The minimum absolute atomic E-state index is 0.0340. The quantitative estimate of drug-likeness (QED) is 0.282. The molecule has 0 saturated heterocycles. The minimum Gasteiger partial charge on any atom is -0.476 e. The number of benzene rings is 2. The van der Waals surface area contributed by atoms with Crippen molar-refractivity contribution < 1.29 is 27.4 Å². The van der Waals surface area contributed by atoms with Crippen molar-refractivity contribution in [3.05, 3.63) is 54.6 Å². The lowest BCUT2D eigenvalue weighted by Gasteiger charge is -2.34. The number of rotatable bonds is 8. The average molecular weight is 494 g/mol. The molecule has 1 heterocycles. The van der Waals surface area contributed by atoms with Crippen LogP contribution < -0.4 is 9.64 Å². The molecule has 0 aliphatic carbocycles. The molecule has 1 N–H and O–H groups in total. The van der Waals surface area contributed by atoms with Crippen molar-refractivity contribution >= 4 is 38.9 Å². The molecule has 0 bridgehead atoms. The molecular formula is C24H28FNO5S2. The van der Waals surface area contributed by atoms with Gasteiger partial charge in [0.25, 0.3) is 0 Å². The molecule has 0 radical (unpaired) electrons. The maximum atomic E-state index is 13.6. The van der Waals surface area contributed by atoms with Crippen molar-refractivity contribution in [1.82, 2.24) is 0 Å². The van der Waals surface area contributed by atoms with Crippen molar-refractivity contribution in [3.8, 4) is 5.75 Å². The van der Waals surface area contributed by atoms with E-state index in [1.54, 1.807) is 12.3 Å². The van der Waals surface area contributed by atoms with Gasteiger partial charge in [0.05, 0.1) is 21.2 Å². The third kappa shape index (κ3) is 5.70. The van der Waals surface area contributed by atoms with Crippen LogP contribution in [0.4, 0.5) is 15.8 Å². The highest BCUT2D eigenvalue weighted by Gasteiger charge is 2.40. The third-order valence-electron chi connectivity index (χ3n) is 5.64. The fraction of sp³-hybridized carbons (Fsp3) is 0.375. The molecule has 1 aliphatic rings. The SMILES string of the molecule is CCCCC1(C)CN(c2ccccc2)c2cc(SC)c(O/C=C(\F)C(=O)O)cc2S(=O)(=O)C1. The monoisotopic (exact) mass is 493 g/mol. The van der Waals surface area contributed by atoms with Crippen molar-refractivity contribution in [2.75, 3.05) is 23.5 Å². The number of sulfone groups is 1. The summed E-state index contributed by atoms with van der Waals surface area (Å²) in [6, 6.07) is 12.7. The molecular weight excluding hydrogens is 465 g/mol. The van der Waals surface area contributed by atoms with E-state index in [9.17, 15) is 17.6 Å². The summed E-state index contributed by atoms with van der Waals surface area (Å²) in [5.74, 6) is -3.18. The Morgan fingerprint density at radius 1 is 1.30 bits per heavy atom. The lowest BCUT2D eigenvalue weighted by molar-refractivity contribution is -0.134.